The van der Waals surface area contributed by atoms with E-state index in [1.165, 1.54) is 16.2 Å². The van der Waals surface area contributed by atoms with Crippen molar-refractivity contribution < 1.29 is 9.00 Å². The molecule has 0 aliphatic heterocycles. The standard InChI is InChI=1S/C18H18N2O2S3/c1-11(2)25(22)14-7-5-13(6-8-14)17(21)20-18-19-15(10-23-18)16-9-4-12(3)24-16/h4-11H,1-3H3,(H,19,20,21). The molecule has 0 aliphatic carbocycles. The summed E-state index contributed by atoms with van der Waals surface area (Å²) in [4.78, 5) is 19.9. The average Bonchev–Trinajstić information content (AvgIpc) is 3.23. The summed E-state index contributed by atoms with van der Waals surface area (Å²) in [5.41, 5.74) is 1.40. The highest BCUT2D eigenvalue weighted by Crippen LogP contribution is 2.30. The lowest BCUT2D eigenvalue weighted by Crippen LogP contribution is -2.12. The lowest BCUT2D eigenvalue weighted by molar-refractivity contribution is 0.102. The number of amides is 1. The maximum atomic E-state index is 12.4. The minimum Gasteiger partial charge on any atom is -0.298 e. The van der Waals surface area contributed by atoms with Gasteiger partial charge in [-0.05, 0) is 43.3 Å². The van der Waals surface area contributed by atoms with E-state index < -0.39 is 10.8 Å². The Morgan fingerprint density at radius 2 is 1.88 bits per heavy atom. The first-order valence-corrected chi connectivity index (χ1v) is 10.7. The van der Waals surface area contributed by atoms with Gasteiger partial charge in [0.15, 0.2) is 5.13 Å². The van der Waals surface area contributed by atoms with Gasteiger partial charge >= 0.3 is 0 Å². The first-order chi connectivity index (χ1) is 11.9. The fraction of sp³-hybridized carbons (Fsp3) is 0.222. The summed E-state index contributed by atoms with van der Waals surface area (Å²) in [5.74, 6) is -0.217. The van der Waals surface area contributed by atoms with Crippen LogP contribution in [-0.4, -0.2) is 20.3 Å². The van der Waals surface area contributed by atoms with Crippen molar-refractivity contribution >= 4 is 44.5 Å². The van der Waals surface area contributed by atoms with Gasteiger partial charge in [0.25, 0.3) is 5.91 Å². The van der Waals surface area contributed by atoms with Crippen molar-refractivity contribution in [1.82, 2.24) is 4.98 Å². The second-order valence-corrected chi connectivity index (χ2v) is 9.93. The van der Waals surface area contributed by atoms with Crippen molar-refractivity contribution in [3.05, 3.63) is 52.2 Å². The molecular formula is C18H18N2O2S3. The van der Waals surface area contributed by atoms with Crippen molar-refractivity contribution in [3.63, 3.8) is 0 Å². The summed E-state index contributed by atoms with van der Waals surface area (Å²) in [6.07, 6.45) is 0. The van der Waals surface area contributed by atoms with Gasteiger partial charge in [-0.15, -0.1) is 22.7 Å². The summed E-state index contributed by atoms with van der Waals surface area (Å²) >= 11 is 3.08. The van der Waals surface area contributed by atoms with E-state index in [2.05, 4.69) is 23.3 Å². The number of carbonyl (C=O) groups is 1. The van der Waals surface area contributed by atoms with Crippen LogP contribution < -0.4 is 5.32 Å². The van der Waals surface area contributed by atoms with Crippen LogP contribution in [0.15, 0.2) is 46.7 Å². The molecule has 2 heterocycles. The van der Waals surface area contributed by atoms with Crippen LogP contribution in [-0.2, 0) is 10.8 Å². The lowest BCUT2D eigenvalue weighted by atomic mass is 10.2. The number of hydrogen-bond donors (Lipinski definition) is 1. The van der Waals surface area contributed by atoms with Gasteiger partial charge < -0.3 is 0 Å². The predicted molar refractivity (Wildman–Crippen MR) is 106 cm³/mol. The normalized spacial score (nSPS) is 12.3. The van der Waals surface area contributed by atoms with Crippen molar-refractivity contribution in [2.45, 2.75) is 30.9 Å². The van der Waals surface area contributed by atoms with E-state index in [0.717, 1.165) is 15.5 Å². The van der Waals surface area contributed by atoms with Gasteiger partial charge in [-0.1, -0.05) is 13.8 Å². The molecule has 3 aromatic rings. The van der Waals surface area contributed by atoms with Crippen molar-refractivity contribution in [2.24, 2.45) is 0 Å². The number of aryl methyl sites for hydroxylation is 1. The SMILES string of the molecule is Cc1ccc(-c2csc(NC(=O)c3ccc(S(=O)C(C)C)cc3)n2)s1. The van der Waals surface area contributed by atoms with E-state index in [0.29, 0.717) is 10.7 Å². The predicted octanol–water partition coefficient (Wildman–Crippen LogP) is 4.95. The Hall–Kier alpha value is -1.83. The molecule has 0 saturated carbocycles. The average molecular weight is 391 g/mol. The van der Waals surface area contributed by atoms with Crippen LogP contribution in [0.4, 0.5) is 5.13 Å². The minimum absolute atomic E-state index is 0.0503. The number of hydrogen-bond acceptors (Lipinski definition) is 5. The Morgan fingerprint density at radius 3 is 2.48 bits per heavy atom. The van der Waals surface area contributed by atoms with Gasteiger partial charge in [-0.2, -0.15) is 0 Å². The second-order valence-electron chi connectivity index (χ2n) is 5.77. The molecule has 25 heavy (non-hydrogen) atoms. The molecule has 0 spiro atoms. The fourth-order valence-corrected chi connectivity index (χ4v) is 4.76. The van der Waals surface area contributed by atoms with E-state index in [9.17, 15) is 9.00 Å². The maximum absolute atomic E-state index is 12.4. The van der Waals surface area contributed by atoms with Crippen LogP contribution in [0.2, 0.25) is 0 Å². The first kappa shape index (κ1) is 18.0. The highest BCUT2D eigenvalue weighted by molar-refractivity contribution is 7.85. The fourth-order valence-electron chi connectivity index (χ4n) is 2.20. The Labute approximate surface area is 157 Å². The molecule has 0 aliphatic rings. The van der Waals surface area contributed by atoms with Crippen molar-refractivity contribution in [2.75, 3.05) is 5.32 Å². The molecule has 0 bridgehead atoms. The van der Waals surface area contributed by atoms with Crippen LogP contribution >= 0.6 is 22.7 Å². The molecule has 1 aromatic carbocycles. The van der Waals surface area contributed by atoms with Crippen LogP contribution in [0.3, 0.4) is 0 Å². The molecular weight excluding hydrogens is 372 g/mol. The highest BCUT2D eigenvalue weighted by atomic mass is 32.2. The monoisotopic (exact) mass is 390 g/mol. The number of thiazole rings is 1. The van der Waals surface area contributed by atoms with Crippen molar-refractivity contribution in [3.8, 4) is 10.6 Å². The summed E-state index contributed by atoms with van der Waals surface area (Å²) < 4.78 is 12.1. The molecule has 1 atom stereocenters. The van der Waals surface area contributed by atoms with Crippen molar-refractivity contribution in [1.29, 1.82) is 0 Å². The first-order valence-electron chi connectivity index (χ1n) is 7.78. The zero-order valence-electron chi connectivity index (χ0n) is 14.1. The van der Waals surface area contributed by atoms with Crippen LogP contribution in [0, 0.1) is 6.92 Å². The zero-order chi connectivity index (χ0) is 18.0. The van der Waals surface area contributed by atoms with Gasteiger partial charge in [0.1, 0.15) is 0 Å². The summed E-state index contributed by atoms with van der Waals surface area (Å²) in [7, 11) is -1.05. The van der Waals surface area contributed by atoms with E-state index in [1.54, 1.807) is 35.6 Å². The smallest absolute Gasteiger partial charge is 0.257 e. The summed E-state index contributed by atoms with van der Waals surface area (Å²) in [5, 5.41) is 5.38. The second kappa shape index (κ2) is 7.59. The molecule has 3 rings (SSSR count). The van der Waals surface area contributed by atoms with E-state index >= 15 is 0 Å². The Balaban J connectivity index is 1.70. The third-order valence-corrected chi connectivity index (χ3v) is 6.87. The molecule has 1 N–H and O–H groups in total. The Kier molecular flexibility index (Phi) is 5.46. The van der Waals surface area contributed by atoms with Gasteiger partial charge in [0, 0.05) is 26.0 Å². The van der Waals surface area contributed by atoms with E-state index in [1.807, 2.05) is 25.3 Å². The van der Waals surface area contributed by atoms with Crippen LogP contribution in [0.1, 0.15) is 29.1 Å². The van der Waals surface area contributed by atoms with E-state index in [-0.39, 0.29) is 11.2 Å². The quantitative estimate of drug-likeness (QED) is 0.671. The highest BCUT2D eigenvalue weighted by Gasteiger charge is 2.13. The zero-order valence-corrected chi connectivity index (χ0v) is 16.6. The number of benzene rings is 1. The number of carbonyl (C=O) groups excluding carboxylic acids is 1. The molecule has 0 radical (unpaired) electrons. The molecule has 0 fully saturated rings. The molecule has 1 amide bonds. The lowest BCUT2D eigenvalue weighted by Gasteiger charge is -2.06. The van der Waals surface area contributed by atoms with Gasteiger partial charge in [-0.3, -0.25) is 14.3 Å². The van der Waals surface area contributed by atoms with Gasteiger partial charge in [0.05, 0.1) is 21.4 Å². The topological polar surface area (TPSA) is 59.1 Å². The molecule has 2 aromatic heterocycles. The third kappa shape index (κ3) is 4.23. The van der Waals surface area contributed by atoms with Crippen LogP contribution in [0.25, 0.3) is 10.6 Å². The molecule has 4 nitrogen and oxygen atoms in total. The largest absolute Gasteiger partial charge is 0.298 e. The number of anilines is 1. The summed E-state index contributed by atoms with van der Waals surface area (Å²) in [6, 6.07) is 11.0. The number of aromatic nitrogens is 1. The third-order valence-electron chi connectivity index (χ3n) is 3.49. The molecule has 7 heteroatoms. The Bertz CT molecular complexity index is 911. The van der Waals surface area contributed by atoms with E-state index in [4.69, 9.17) is 0 Å². The van der Waals surface area contributed by atoms with Crippen LogP contribution in [0.5, 0.6) is 0 Å². The molecule has 130 valence electrons. The van der Waals surface area contributed by atoms with Gasteiger partial charge in [0.2, 0.25) is 0 Å². The summed E-state index contributed by atoms with van der Waals surface area (Å²) in [6.45, 7) is 5.87. The number of thiophene rings is 1. The number of rotatable bonds is 5. The minimum atomic E-state index is -1.05. The van der Waals surface area contributed by atoms with Gasteiger partial charge in [-0.25, -0.2) is 4.98 Å². The maximum Gasteiger partial charge on any atom is 0.257 e. The number of nitrogens with one attached hydrogen (secondary N) is 1. The molecule has 1 unspecified atom stereocenters. The molecule has 0 saturated heterocycles. The number of nitrogens with zero attached hydrogens (tertiary/aromatic N) is 1. The Morgan fingerprint density at radius 1 is 1.16 bits per heavy atom.